The number of nitrogens with zero attached hydrogens (tertiary/aromatic N) is 2. The monoisotopic (exact) mass is 497 g/mol. The van der Waals surface area contributed by atoms with Gasteiger partial charge < -0.3 is 14.8 Å². The number of carbonyl (C=O) groups excluding carboxylic acids is 1. The molecule has 2 aromatic rings. The molecule has 1 heterocycles. The van der Waals surface area contributed by atoms with Crippen molar-refractivity contribution >= 4 is 26.0 Å². The van der Waals surface area contributed by atoms with E-state index in [0.717, 1.165) is 4.31 Å². The zero-order chi connectivity index (χ0) is 24.2. The Hall–Kier alpha value is -2.51. The third-order valence-corrected chi connectivity index (χ3v) is 8.92. The Labute approximate surface area is 194 Å². The van der Waals surface area contributed by atoms with Crippen LogP contribution in [-0.4, -0.2) is 78.9 Å². The van der Waals surface area contributed by atoms with E-state index in [1.54, 1.807) is 12.1 Å². The van der Waals surface area contributed by atoms with Crippen LogP contribution in [0.3, 0.4) is 0 Å². The van der Waals surface area contributed by atoms with Crippen molar-refractivity contribution in [3.63, 3.8) is 0 Å². The minimum absolute atomic E-state index is 0.111. The number of rotatable bonds is 8. The van der Waals surface area contributed by atoms with Gasteiger partial charge in [-0.2, -0.15) is 4.31 Å². The molecule has 1 fully saturated rings. The maximum Gasteiger partial charge on any atom is 0.251 e. The molecule has 10 nitrogen and oxygen atoms in total. The molecule has 1 N–H and O–H groups in total. The third-order valence-electron chi connectivity index (χ3n) is 5.17. The third kappa shape index (κ3) is 5.53. The minimum Gasteiger partial charge on any atom is -0.495 e. The van der Waals surface area contributed by atoms with Gasteiger partial charge in [0, 0.05) is 39.3 Å². The highest BCUT2D eigenvalue weighted by atomic mass is 32.2. The largest absolute Gasteiger partial charge is 0.495 e. The Balaban J connectivity index is 1.71. The first-order valence-electron chi connectivity index (χ1n) is 10.1. The molecule has 33 heavy (non-hydrogen) atoms. The summed E-state index contributed by atoms with van der Waals surface area (Å²) in [4.78, 5) is 12.7. The van der Waals surface area contributed by atoms with Crippen molar-refractivity contribution in [3.05, 3.63) is 53.6 Å². The van der Waals surface area contributed by atoms with Gasteiger partial charge in [0.2, 0.25) is 20.0 Å². The van der Waals surface area contributed by atoms with Gasteiger partial charge in [-0.15, -0.1) is 0 Å². The summed E-state index contributed by atoms with van der Waals surface area (Å²) in [6, 6.07) is 10.4. The molecular weight excluding hydrogens is 470 g/mol. The first-order valence-corrected chi connectivity index (χ1v) is 13.0. The predicted molar refractivity (Wildman–Crippen MR) is 121 cm³/mol. The normalized spacial score (nSPS) is 15.4. The number of hydrogen-bond donors (Lipinski definition) is 1. The van der Waals surface area contributed by atoms with E-state index in [4.69, 9.17) is 9.47 Å². The van der Waals surface area contributed by atoms with Crippen LogP contribution in [0.5, 0.6) is 5.75 Å². The van der Waals surface area contributed by atoms with Crippen LogP contribution in [0.4, 0.5) is 0 Å². The summed E-state index contributed by atoms with van der Waals surface area (Å²) in [6.45, 7) is 1.50. The first-order chi connectivity index (χ1) is 15.6. The van der Waals surface area contributed by atoms with Crippen LogP contribution in [0.2, 0.25) is 0 Å². The second-order valence-electron chi connectivity index (χ2n) is 7.50. The summed E-state index contributed by atoms with van der Waals surface area (Å²) in [7, 11) is -3.26. The maximum absolute atomic E-state index is 12.7. The fraction of sp³-hybridized carbons (Fsp3) is 0.381. The molecule has 0 bridgehead atoms. The molecule has 1 aliphatic rings. The maximum atomic E-state index is 12.7. The Morgan fingerprint density at radius 2 is 1.70 bits per heavy atom. The summed E-state index contributed by atoms with van der Waals surface area (Å²) < 4.78 is 63.3. The number of benzene rings is 2. The van der Waals surface area contributed by atoms with E-state index in [1.807, 2.05) is 0 Å². The second kappa shape index (κ2) is 10.2. The Morgan fingerprint density at radius 3 is 2.27 bits per heavy atom. The van der Waals surface area contributed by atoms with Crippen molar-refractivity contribution in [1.29, 1.82) is 0 Å². The molecule has 180 valence electrons. The van der Waals surface area contributed by atoms with E-state index >= 15 is 0 Å². The number of methoxy groups -OCH3 is 1. The predicted octanol–water partition coefficient (Wildman–Crippen LogP) is 0.896. The van der Waals surface area contributed by atoms with E-state index in [0.29, 0.717) is 31.9 Å². The second-order valence-corrected chi connectivity index (χ2v) is 11.6. The average Bonchev–Trinajstić information content (AvgIpc) is 2.82. The highest BCUT2D eigenvalue weighted by molar-refractivity contribution is 7.89. The zero-order valence-corrected chi connectivity index (χ0v) is 20.3. The summed E-state index contributed by atoms with van der Waals surface area (Å²) in [6.07, 6.45) is 0. The molecule has 1 aliphatic heterocycles. The van der Waals surface area contributed by atoms with Crippen LogP contribution in [-0.2, 0) is 31.3 Å². The molecule has 0 spiro atoms. The van der Waals surface area contributed by atoms with Crippen LogP contribution in [0, 0.1) is 0 Å². The van der Waals surface area contributed by atoms with Gasteiger partial charge in [-0.05, 0) is 35.9 Å². The van der Waals surface area contributed by atoms with Crippen molar-refractivity contribution in [3.8, 4) is 5.75 Å². The molecule has 0 aliphatic carbocycles. The number of morpholine rings is 1. The molecular formula is C21H27N3O7S2. The van der Waals surface area contributed by atoms with Gasteiger partial charge in [-0.3, -0.25) is 4.79 Å². The zero-order valence-electron chi connectivity index (χ0n) is 18.6. The SMILES string of the molecule is COc1ccc(C(=O)NCc2ccc(S(=O)(=O)N3CCOCC3)cc2)cc1S(=O)(=O)N(C)C. The van der Waals surface area contributed by atoms with E-state index < -0.39 is 26.0 Å². The number of hydrogen-bond acceptors (Lipinski definition) is 7. The van der Waals surface area contributed by atoms with Gasteiger partial charge in [-0.25, -0.2) is 21.1 Å². The van der Waals surface area contributed by atoms with Crippen LogP contribution >= 0.6 is 0 Å². The molecule has 1 saturated heterocycles. The lowest BCUT2D eigenvalue weighted by Crippen LogP contribution is -2.40. The van der Waals surface area contributed by atoms with Crippen LogP contribution in [0.1, 0.15) is 15.9 Å². The fourth-order valence-corrected chi connectivity index (χ4v) is 5.70. The lowest BCUT2D eigenvalue weighted by molar-refractivity contribution is 0.0730. The highest BCUT2D eigenvalue weighted by Gasteiger charge is 2.26. The Morgan fingerprint density at radius 1 is 1.06 bits per heavy atom. The van der Waals surface area contributed by atoms with Crippen LogP contribution in [0.25, 0.3) is 0 Å². The fourth-order valence-electron chi connectivity index (χ4n) is 3.22. The average molecular weight is 498 g/mol. The van der Waals surface area contributed by atoms with Crippen molar-refractivity contribution < 1.29 is 31.1 Å². The minimum atomic E-state index is -3.81. The number of carbonyl (C=O) groups is 1. The molecule has 2 aromatic carbocycles. The summed E-state index contributed by atoms with van der Waals surface area (Å²) in [5.74, 6) is -0.338. The van der Waals surface area contributed by atoms with Crippen LogP contribution in [0.15, 0.2) is 52.3 Å². The van der Waals surface area contributed by atoms with E-state index in [9.17, 15) is 21.6 Å². The molecule has 1 amide bonds. The molecule has 3 rings (SSSR count). The van der Waals surface area contributed by atoms with Crippen molar-refractivity contribution in [2.75, 3.05) is 47.5 Å². The number of sulfonamides is 2. The lowest BCUT2D eigenvalue weighted by atomic mass is 10.2. The highest BCUT2D eigenvalue weighted by Crippen LogP contribution is 2.27. The van der Waals surface area contributed by atoms with Gasteiger partial charge in [0.25, 0.3) is 5.91 Å². The van der Waals surface area contributed by atoms with Gasteiger partial charge in [0.15, 0.2) is 0 Å². The first kappa shape index (κ1) is 25.1. The van der Waals surface area contributed by atoms with Gasteiger partial charge >= 0.3 is 0 Å². The van der Waals surface area contributed by atoms with Gasteiger partial charge in [-0.1, -0.05) is 12.1 Å². The quantitative estimate of drug-likeness (QED) is 0.575. The number of amides is 1. The van der Waals surface area contributed by atoms with Crippen molar-refractivity contribution in [2.45, 2.75) is 16.3 Å². The molecule has 0 atom stereocenters. The molecule has 12 heteroatoms. The number of nitrogens with one attached hydrogen (secondary N) is 1. The smallest absolute Gasteiger partial charge is 0.251 e. The summed E-state index contributed by atoms with van der Waals surface area (Å²) in [5.41, 5.74) is 0.849. The van der Waals surface area contributed by atoms with Gasteiger partial charge in [0.05, 0.1) is 25.2 Å². The number of ether oxygens (including phenoxy) is 2. The van der Waals surface area contributed by atoms with Gasteiger partial charge in [0.1, 0.15) is 10.6 Å². The van der Waals surface area contributed by atoms with E-state index in [2.05, 4.69) is 5.32 Å². The Kier molecular flexibility index (Phi) is 7.75. The molecule has 0 unspecified atom stereocenters. The van der Waals surface area contributed by atoms with E-state index in [1.165, 1.54) is 55.8 Å². The summed E-state index contributed by atoms with van der Waals surface area (Å²) >= 11 is 0. The molecule has 0 saturated carbocycles. The van der Waals surface area contributed by atoms with Crippen LogP contribution < -0.4 is 10.1 Å². The molecule has 0 aromatic heterocycles. The Bertz CT molecular complexity index is 1200. The molecule has 0 radical (unpaired) electrons. The van der Waals surface area contributed by atoms with Crippen molar-refractivity contribution in [2.24, 2.45) is 0 Å². The van der Waals surface area contributed by atoms with E-state index in [-0.39, 0.29) is 27.6 Å². The lowest BCUT2D eigenvalue weighted by Gasteiger charge is -2.26. The standard InChI is InChI=1S/C21H27N3O7S2/c1-23(2)33(28,29)20-14-17(6-9-19(20)30-3)21(25)22-15-16-4-7-18(8-5-16)32(26,27)24-10-12-31-13-11-24/h4-9,14H,10-13,15H2,1-3H3,(H,22,25). The van der Waals surface area contributed by atoms with Crippen molar-refractivity contribution in [1.82, 2.24) is 13.9 Å². The topological polar surface area (TPSA) is 122 Å². The summed E-state index contributed by atoms with van der Waals surface area (Å²) in [5, 5.41) is 2.72.